The molecule has 24 heavy (non-hydrogen) atoms. The Morgan fingerprint density at radius 2 is 2.12 bits per heavy atom. The molecule has 4 rings (SSSR count). The lowest BCUT2D eigenvalue weighted by molar-refractivity contribution is 0.212. The molecule has 126 valence electrons. The molecule has 0 saturated carbocycles. The number of anilines is 1. The van der Waals surface area contributed by atoms with E-state index in [2.05, 4.69) is 22.4 Å². The fraction of sp³-hybridized carbons (Fsp3) is 0.444. The second-order valence-corrected chi connectivity index (χ2v) is 7.05. The maximum atomic E-state index is 12.6. The smallest absolute Gasteiger partial charge is 0.321 e. The molecule has 0 aliphatic carbocycles. The highest BCUT2D eigenvalue weighted by Crippen LogP contribution is 2.39. The Hall–Kier alpha value is -2.34. The van der Waals surface area contributed by atoms with Crippen molar-refractivity contribution < 1.29 is 9.32 Å². The first-order valence-corrected chi connectivity index (χ1v) is 8.39. The molecule has 2 fully saturated rings. The number of carbonyl (C=O) groups is 1. The summed E-state index contributed by atoms with van der Waals surface area (Å²) in [7, 11) is 2.16. The first-order chi connectivity index (χ1) is 11.6. The van der Waals surface area contributed by atoms with Gasteiger partial charge in [-0.1, -0.05) is 17.3 Å². The number of urea groups is 1. The molecule has 1 aromatic heterocycles. The number of rotatable bonds is 2. The van der Waals surface area contributed by atoms with E-state index in [0.29, 0.717) is 5.41 Å². The highest BCUT2D eigenvalue weighted by atomic mass is 16.5. The molecular formula is C18H22N4O2. The summed E-state index contributed by atoms with van der Waals surface area (Å²) in [6.07, 6.45) is 3.83. The minimum atomic E-state index is -0.0151. The third-order valence-electron chi connectivity index (χ3n) is 5.20. The summed E-state index contributed by atoms with van der Waals surface area (Å²) in [5.41, 5.74) is 2.77. The van der Waals surface area contributed by atoms with Crippen LogP contribution in [0.5, 0.6) is 0 Å². The number of nitrogens with one attached hydrogen (secondary N) is 1. The predicted molar refractivity (Wildman–Crippen MR) is 91.7 cm³/mol. The van der Waals surface area contributed by atoms with E-state index in [1.54, 1.807) is 6.26 Å². The van der Waals surface area contributed by atoms with Crippen LogP contribution >= 0.6 is 0 Å². The number of carbonyl (C=O) groups excluding carboxylic acids is 1. The van der Waals surface area contributed by atoms with Crippen LogP contribution in [0.25, 0.3) is 11.3 Å². The minimum absolute atomic E-state index is 0.0151. The maximum Gasteiger partial charge on any atom is 0.321 e. The molecule has 6 heteroatoms. The van der Waals surface area contributed by atoms with Crippen LogP contribution in [0.4, 0.5) is 10.5 Å². The minimum Gasteiger partial charge on any atom is -0.364 e. The van der Waals surface area contributed by atoms with Crippen molar-refractivity contribution in [2.24, 2.45) is 5.41 Å². The van der Waals surface area contributed by atoms with E-state index >= 15 is 0 Å². The Kier molecular flexibility index (Phi) is 3.76. The van der Waals surface area contributed by atoms with Crippen molar-refractivity contribution >= 4 is 11.7 Å². The van der Waals surface area contributed by atoms with Gasteiger partial charge in [0.15, 0.2) is 0 Å². The molecule has 1 N–H and O–H groups in total. The molecule has 1 atom stereocenters. The van der Waals surface area contributed by atoms with Crippen LogP contribution < -0.4 is 5.32 Å². The molecule has 6 nitrogen and oxygen atoms in total. The Bertz CT molecular complexity index is 730. The summed E-state index contributed by atoms with van der Waals surface area (Å²) in [6, 6.07) is 9.48. The van der Waals surface area contributed by atoms with Crippen molar-refractivity contribution in [3.8, 4) is 11.3 Å². The number of amides is 2. The number of likely N-dealkylation sites (tertiary alicyclic amines) is 2. The van der Waals surface area contributed by atoms with Crippen LogP contribution in [0.2, 0.25) is 0 Å². The molecule has 2 saturated heterocycles. The van der Waals surface area contributed by atoms with E-state index in [1.165, 1.54) is 6.42 Å². The standard InChI is InChI=1S/C18H22N4O2/c1-21-8-6-18(12-21)7-9-22(13-18)17(23)19-15-4-2-3-14(11-15)16-5-10-24-20-16/h2-5,10-11H,6-9,12-13H2,1H3,(H,19,23)/t18-/m0/s1. The molecule has 0 bridgehead atoms. The molecule has 1 aromatic carbocycles. The molecule has 1 spiro atoms. The molecule has 2 aliphatic rings. The molecule has 0 unspecified atom stereocenters. The Balaban J connectivity index is 1.43. The average molecular weight is 326 g/mol. The maximum absolute atomic E-state index is 12.6. The van der Waals surface area contributed by atoms with Gasteiger partial charge in [-0.3, -0.25) is 0 Å². The van der Waals surface area contributed by atoms with Gasteiger partial charge in [-0.2, -0.15) is 0 Å². The molecule has 3 heterocycles. The zero-order chi connectivity index (χ0) is 16.6. The van der Waals surface area contributed by atoms with Gasteiger partial charge >= 0.3 is 6.03 Å². The van der Waals surface area contributed by atoms with E-state index in [9.17, 15) is 4.79 Å². The van der Waals surface area contributed by atoms with Gasteiger partial charge in [-0.25, -0.2) is 4.79 Å². The van der Waals surface area contributed by atoms with Crippen LogP contribution in [-0.2, 0) is 0 Å². The number of benzene rings is 1. The predicted octanol–water partition coefficient (Wildman–Crippen LogP) is 2.90. The first-order valence-electron chi connectivity index (χ1n) is 8.39. The van der Waals surface area contributed by atoms with Crippen molar-refractivity contribution in [1.29, 1.82) is 0 Å². The van der Waals surface area contributed by atoms with Crippen LogP contribution in [0.1, 0.15) is 12.8 Å². The summed E-state index contributed by atoms with van der Waals surface area (Å²) in [5.74, 6) is 0. The van der Waals surface area contributed by atoms with E-state index in [0.717, 1.165) is 49.5 Å². The van der Waals surface area contributed by atoms with Gasteiger partial charge in [-0.15, -0.1) is 0 Å². The van der Waals surface area contributed by atoms with Crippen molar-refractivity contribution in [2.75, 3.05) is 38.5 Å². The summed E-state index contributed by atoms with van der Waals surface area (Å²) < 4.78 is 4.88. The molecule has 2 amide bonds. The molecule has 2 aromatic rings. The fourth-order valence-corrected chi connectivity index (χ4v) is 3.92. The van der Waals surface area contributed by atoms with Gasteiger partial charge in [-0.05, 0) is 38.6 Å². The topological polar surface area (TPSA) is 61.6 Å². The zero-order valence-corrected chi connectivity index (χ0v) is 13.9. The number of aromatic nitrogens is 1. The van der Waals surface area contributed by atoms with Gasteiger partial charge in [0.05, 0.1) is 0 Å². The van der Waals surface area contributed by atoms with Gasteiger partial charge < -0.3 is 19.6 Å². The quantitative estimate of drug-likeness (QED) is 0.922. The third-order valence-corrected chi connectivity index (χ3v) is 5.20. The summed E-state index contributed by atoms with van der Waals surface area (Å²) >= 11 is 0. The second kappa shape index (κ2) is 5.94. The van der Waals surface area contributed by atoms with Crippen LogP contribution in [0.15, 0.2) is 41.1 Å². The highest BCUT2D eigenvalue weighted by molar-refractivity contribution is 5.90. The van der Waals surface area contributed by atoms with Crippen LogP contribution in [-0.4, -0.2) is 54.2 Å². The first kappa shape index (κ1) is 15.2. The van der Waals surface area contributed by atoms with Crippen LogP contribution in [0.3, 0.4) is 0 Å². The lowest BCUT2D eigenvalue weighted by atomic mass is 9.86. The van der Waals surface area contributed by atoms with Crippen molar-refractivity contribution in [2.45, 2.75) is 12.8 Å². The molecule has 2 aliphatic heterocycles. The second-order valence-electron chi connectivity index (χ2n) is 7.05. The molecule has 0 radical (unpaired) electrons. The van der Waals surface area contributed by atoms with Gasteiger partial charge in [0.1, 0.15) is 12.0 Å². The lowest BCUT2D eigenvalue weighted by Crippen LogP contribution is -2.36. The monoisotopic (exact) mass is 326 g/mol. The lowest BCUT2D eigenvalue weighted by Gasteiger charge is -2.24. The van der Waals surface area contributed by atoms with Gasteiger partial charge in [0.25, 0.3) is 0 Å². The summed E-state index contributed by atoms with van der Waals surface area (Å²) in [6.45, 7) is 3.92. The van der Waals surface area contributed by atoms with E-state index in [1.807, 2.05) is 35.2 Å². The number of hydrogen-bond donors (Lipinski definition) is 1. The third kappa shape index (κ3) is 2.89. The molecular weight excluding hydrogens is 304 g/mol. The Labute approximate surface area is 141 Å². The SMILES string of the molecule is CN1CC[C@]2(CCN(C(=O)Nc3cccc(-c4ccon4)c3)C2)C1. The van der Waals surface area contributed by atoms with Crippen LogP contribution in [0, 0.1) is 5.41 Å². The number of nitrogens with zero attached hydrogens (tertiary/aromatic N) is 3. The average Bonchev–Trinajstić information content (AvgIpc) is 3.31. The Morgan fingerprint density at radius 3 is 2.88 bits per heavy atom. The van der Waals surface area contributed by atoms with Crippen molar-refractivity contribution in [3.05, 3.63) is 36.6 Å². The van der Waals surface area contributed by atoms with Gasteiger partial charge in [0.2, 0.25) is 0 Å². The normalized spacial score (nSPS) is 24.0. The fourth-order valence-electron chi connectivity index (χ4n) is 3.92. The van der Waals surface area contributed by atoms with Gasteiger partial charge in [0, 0.05) is 42.4 Å². The van der Waals surface area contributed by atoms with E-state index in [-0.39, 0.29) is 6.03 Å². The highest BCUT2D eigenvalue weighted by Gasteiger charge is 2.43. The van der Waals surface area contributed by atoms with E-state index in [4.69, 9.17) is 4.52 Å². The summed E-state index contributed by atoms with van der Waals surface area (Å²) in [4.78, 5) is 16.9. The van der Waals surface area contributed by atoms with Crippen molar-refractivity contribution in [1.82, 2.24) is 15.0 Å². The zero-order valence-electron chi connectivity index (χ0n) is 13.9. The van der Waals surface area contributed by atoms with Crippen molar-refractivity contribution in [3.63, 3.8) is 0 Å². The largest absolute Gasteiger partial charge is 0.364 e. The Morgan fingerprint density at radius 1 is 1.25 bits per heavy atom. The van der Waals surface area contributed by atoms with E-state index < -0.39 is 0 Å². The number of hydrogen-bond acceptors (Lipinski definition) is 4. The summed E-state index contributed by atoms with van der Waals surface area (Å²) in [5, 5.41) is 6.96.